The van der Waals surface area contributed by atoms with Crippen molar-refractivity contribution in [2.45, 2.75) is 6.10 Å². The molecule has 0 aliphatic heterocycles. The molecule has 0 aliphatic rings. The van der Waals surface area contributed by atoms with Crippen LogP contribution in [-0.4, -0.2) is 34.6 Å². The Kier molecular flexibility index (Phi) is 4.18. The first kappa shape index (κ1) is 10.8. The molecule has 0 amide bonds. The maximum Gasteiger partial charge on any atom is 0.115 e. The van der Waals surface area contributed by atoms with Crippen molar-refractivity contribution in [2.75, 3.05) is 18.7 Å². The number of aliphatic hydroxyl groups excluding tert-OH is 2. The summed E-state index contributed by atoms with van der Waals surface area (Å²) in [6, 6.07) is 6.27. The van der Waals surface area contributed by atoms with E-state index in [1.807, 2.05) is 0 Å². The van der Waals surface area contributed by atoms with Crippen LogP contribution in [-0.2, 0) is 4.84 Å². The van der Waals surface area contributed by atoms with E-state index >= 15 is 0 Å². The van der Waals surface area contributed by atoms with Gasteiger partial charge in [-0.05, 0) is 24.3 Å². The van der Waals surface area contributed by atoms with Gasteiger partial charge in [-0.2, -0.15) is 0 Å². The lowest BCUT2D eigenvalue weighted by Gasteiger charge is -2.09. The van der Waals surface area contributed by atoms with E-state index in [1.165, 1.54) is 12.1 Å². The van der Waals surface area contributed by atoms with Crippen LogP contribution in [0.2, 0.25) is 0 Å². The molecule has 0 radical (unpaired) electrons. The lowest BCUT2D eigenvalue weighted by molar-refractivity contribution is 0.0246. The van der Waals surface area contributed by atoms with E-state index in [0.29, 0.717) is 5.69 Å². The lowest BCUT2D eigenvalue weighted by Crippen LogP contribution is -2.21. The second-order valence-electron chi connectivity index (χ2n) is 2.80. The molecule has 0 aromatic heterocycles. The van der Waals surface area contributed by atoms with Crippen molar-refractivity contribution in [3.63, 3.8) is 0 Å². The molecular weight excluding hydrogens is 186 g/mol. The van der Waals surface area contributed by atoms with Gasteiger partial charge in [0.1, 0.15) is 18.5 Å². The van der Waals surface area contributed by atoms with Crippen LogP contribution in [0.4, 0.5) is 5.69 Å². The molecule has 78 valence electrons. The second kappa shape index (κ2) is 5.43. The average molecular weight is 199 g/mol. The molecule has 0 fully saturated rings. The van der Waals surface area contributed by atoms with Crippen molar-refractivity contribution < 1.29 is 20.2 Å². The highest BCUT2D eigenvalue weighted by atomic mass is 16.6. The third kappa shape index (κ3) is 3.61. The zero-order valence-corrected chi connectivity index (χ0v) is 7.55. The Balaban J connectivity index is 2.28. The van der Waals surface area contributed by atoms with Crippen LogP contribution >= 0.6 is 0 Å². The first-order chi connectivity index (χ1) is 6.72. The summed E-state index contributed by atoms with van der Waals surface area (Å²) in [4.78, 5) is 4.87. The Labute approximate surface area is 81.5 Å². The van der Waals surface area contributed by atoms with Gasteiger partial charge in [-0.3, -0.25) is 10.3 Å². The van der Waals surface area contributed by atoms with Crippen molar-refractivity contribution >= 4 is 5.69 Å². The Morgan fingerprint density at radius 1 is 1.29 bits per heavy atom. The number of phenolic OH excluding ortho intramolecular Hbond substituents is 1. The van der Waals surface area contributed by atoms with Crippen LogP contribution < -0.4 is 5.48 Å². The van der Waals surface area contributed by atoms with Gasteiger partial charge in [0.25, 0.3) is 0 Å². The number of aliphatic hydroxyl groups is 2. The molecule has 0 saturated heterocycles. The summed E-state index contributed by atoms with van der Waals surface area (Å²) in [5.41, 5.74) is 3.21. The molecule has 4 N–H and O–H groups in total. The minimum absolute atomic E-state index is 0.00260. The Morgan fingerprint density at radius 3 is 2.50 bits per heavy atom. The highest BCUT2D eigenvalue weighted by Gasteiger charge is 2.01. The van der Waals surface area contributed by atoms with Gasteiger partial charge in [0.2, 0.25) is 0 Å². The number of rotatable bonds is 5. The third-order valence-electron chi connectivity index (χ3n) is 1.54. The number of hydrogen-bond acceptors (Lipinski definition) is 5. The number of hydrogen-bond donors (Lipinski definition) is 4. The van der Waals surface area contributed by atoms with Crippen molar-refractivity contribution in [3.8, 4) is 5.75 Å². The van der Waals surface area contributed by atoms with Gasteiger partial charge >= 0.3 is 0 Å². The maximum atomic E-state index is 8.97. The second-order valence-corrected chi connectivity index (χ2v) is 2.80. The molecule has 0 bridgehead atoms. The van der Waals surface area contributed by atoms with E-state index in [4.69, 9.17) is 20.2 Å². The molecule has 1 atom stereocenters. The van der Waals surface area contributed by atoms with Crippen molar-refractivity contribution in [3.05, 3.63) is 24.3 Å². The van der Waals surface area contributed by atoms with Crippen molar-refractivity contribution in [1.29, 1.82) is 0 Å². The van der Waals surface area contributed by atoms with E-state index < -0.39 is 6.10 Å². The third-order valence-corrected chi connectivity index (χ3v) is 1.54. The van der Waals surface area contributed by atoms with Crippen LogP contribution in [0.1, 0.15) is 0 Å². The number of anilines is 1. The summed E-state index contributed by atoms with van der Waals surface area (Å²) < 4.78 is 0. The smallest absolute Gasteiger partial charge is 0.115 e. The number of aromatic hydroxyl groups is 1. The molecule has 1 rings (SSSR count). The maximum absolute atomic E-state index is 8.97. The molecule has 0 spiro atoms. The quantitative estimate of drug-likeness (QED) is 0.399. The number of nitrogens with one attached hydrogen (secondary N) is 1. The Hall–Kier alpha value is -1.30. The highest BCUT2D eigenvalue weighted by Crippen LogP contribution is 2.13. The average Bonchev–Trinajstić information content (AvgIpc) is 2.21. The predicted octanol–water partition coefficient (Wildman–Crippen LogP) is 0.0889. The molecule has 5 nitrogen and oxygen atoms in total. The zero-order valence-electron chi connectivity index (χ0n) is 7.55. The minimum atomic E-state index is -0.889. The topological polar surface area (TPSA) is 82.0 Å². The zero-order chi connectivity index (χ0) is 10.4. The summed E-state index contributed by atoms with van der Waals surface area (Å²) in [6.45, 7) is -0.339. The van der Waals surface area contributed by atoms with Gasteiger partial charge < -0.3 is 15.3 Å². The van der Waals surface area contributed by atoms with Crippen LogP contribution in [0.5, 0.6) is 5.75 Å². The first-order valence-electron chi connectivity index (χ1n) is 4.18. The summed E-state index contributed by atoms with van der Waals surface area (Å²) in [5, 5.41) is 26.4. The minimum Gasteiger partial charge on any atom is -0.508 e. The van der Waals surface area contributed by atoms with Gasteiger partial charge in [-0.1, -0.05) is 0 Å². The van der Waals surface area contributed by atoms with Gasteiger partial charge in [-0.15, -0.1) is 0 Å². The van der Waals surface area contributed by atoms with Crippen LogP contribution in [0.25, 0.3) is 0 Å². The van der Waals surface area contributed by atoms with E-state index in [2.05, 4.69) is 5.48 Å². The number of benzene rings is 1. The summed E-state index contributed by atoms with van der Waals surface area (Å²) >= 11 is 0. The Bertz CT molecular complexity index is 262. The summed E-state index contributed by atoms with van der Waals surface area (Å²) in [6.07, 6.45) is -0.889. The highest BCUT2D eigenvalue weighted by molar-refractivity contribution is 5.44. The molecule has 1 unspecified atom stereocenters. The van der Waals surface area contributed by atoms with Crippen molar-refractivity contribution in [1.82, 2.24) is 0 Å². The molecule has 0 aliphatic carbocycles. The fraction of sp³-hybridized carbons (Fsp3) is 0.333. The standard InChI is InChI=1S/C9H13NO4/c11-5-9(13)6-14-10-7-1-3-8(12)4-2-7/h1-4,9-13H,5-6H2. The van der Waals surface area contributed by atoms with Gasteiger partial charge in [-0.25, -0.2) is 0 Å². The normalized spacial score (nSPS) is 12.4. The van der Waals surface area contributed by atoms with E-state index in [1.54, 1.807) is 12.1 Å². The van der Waals surface area contributed by atoms with Crippen LogP contribution in [0.3, 0.4) is 0 Å². The monoisotopic (exact) mass is 199 g/mol. The molecule has 0 heterocycles. The van der Waals surface area contributed by atoms with Gasteiger partial charge in [0.05, 0.1) is 12.3 Å². The Morgan fingerprint density at radius 2 is 1.93 bits per heavy atom. The molecule has 1 aromatic carbocycles. The fourth-order valence-electron chi connectivity index (χ4n) is 0.803. The first-order valence-corrected chi connectivity index (χ1v) is 4.18. The van der Waals surface area contributed by atoms with Crippen LogP contribution in [0.15, 0.2) is 24.3 Å². The van der Waals surface area contributed by atoms with E-state index in [0.717, 1.165) is 0 Å². The largest absolute Gasteiger partial charge is 0.508 e. The molecule has 5 heteroatoms. The molecular formula is C9H13NO4. The predicted molar refractivity (Wildman–Crippen MR) is 50.8 cm³/mol. The van der Waals surface area contributed by atoms with E-state index in [9.17, 15) is 0 Å². The SMILES string of the molecule is OCC(O)CONc1ccc(O)cc1. The van der Waals surface area contributed by atoms with E-state index in [-0.39, 0.29) is 19.0 Å². The summed E-state index contributed by atoms with van der Waals surface area (Å²) in [5.74, 6) is 0.172. The van der Waals surface area contributed by atoms with Gasteiger partial charge in [0, 0.05) is 0 Å². The molecule has 1 aromatic rings. The fourth-order valence-corrected chi connectivity index (χ4v) is 0.803. The van der Waals surface area contributed by atoms with Crippen LogP contribution in [0, 0.1) is 0 Å². The summed E-state index contributed by atoms with van der Waals surface area (Å²) in [7, 11) is 0. The van der Waals surface area contributed by atoms with Gasteiger partial charge in [0.15, 0.2) is 0 Å². The molecule has 0 saturated carbocycles. The number of phenols is 1. The van der Waals surface area contributed by atoms with Crippen molar-refractivity contribution in [2.24, 2.45) is 0 Å². The molecule has 14 heavy (non-hydrogen) atoms. The lowest BCUT2D eigenvalue weighted by atomic mass is 10.3.